The minimum absolute atomic E-state index is 0. The molecule has 0 saturated heterocycles. The van der Waals surface area contributed by atoms with Gasteiger partial charge in [0.2, 0.25) is 0 Å². The second-order valence-corrected chi connectivity index (χ2v) is 6.40. The Balaban J connectivity index is -0.000000155. The third-order valence-electron chi connectivity index (χ3n) is 1.88. The minimum Gasteiger partial charge on any atom is -0.497 e. The normalized spacial score (nSPS) is 10.7. The van der Waals surface area contributed by atoms with E-state index in [-0.39, 0.29) is 40.0 Å². The SMILES string of the molecule is CC(C)O.CC(C)O.CC(C)O.COc1cccc(C(O)N(C)C)c1.[Ti]. The molecule has 0 bridgehead atoms. The Labute approximate surface area is 174 Å². The summed E-state index contributed by atoms with van der Waals surface area (Å²) in [6.45, 7) is 10.3. The molecule has 0 fully saturated rings. The van der Waals surface area contributed by atoms with E-state index in [4.69, 9.17) is 20.1 Å². The van der Waals surface area contributed by atoms with E-state index in [1.54, 1.807) is 53.6 Å². The molecule has 0 radical (unpaired) electrons. The summed E-state index contributed by atoms with van der Waals surface area (Å²) in [6.07, 6.45) is -1.07. The molecule has 0 amide bonds. The van der Waals surface area contributed by atoms with E-state index in [2.05, 4.69) is 0 Å². The predicted octanol–water partition coefficient (Wildman–Crippen LogP) is 2.41. The monoisotopic (exact) mass is 409 g/mol. The molecule has 1 aromatic carbocycles. The molecule has 6 nitrogen and oxygen atoms in total. The summed E-state index contributed by atoms with van der Waals surface area (Å²) in [5.74, 6) is 0.762. The van der Waals surface area contributed by atoms with Crippen LogP contribution < -0.4 is 4.74 Å². The van der Waals surface area contributed by atoms with Crippen LogP contribution in [0.15, 0.2) is 24.3 Å². The van der Waals surface area contributed by atoms with E-state index in [9.17, 15) is 5.11 Å². The van der Waals surface area contributed by atoms with Crippen molar-refractivity contribution in [2.24, 2.45) is 0 Å². The number of hydrogen-bond donors (Lipinski definition) is 4. The fraction of sp³-hybridized carbons (Fsp3) is 0.684. The number of aliphatic hydroxyl groups is 4. The third-order valence-corrected chi connectivity index (χ3v) is 1.88. The van der Waals surface area contributed by atoms with Crippen LogP contribution >= 0.6 is 0 Å². The molecule has 0 saturated carbocycles. The van der Waals surface area contributed by atoms with Gasteiger partial charge in [-0.2, -0.15) is 0 Å². The summed E-state index contributed by atoms with van der Waals surface area (Å²) in [7, 11) is 5.26. The molecule has 1 atom stereocenters. The molecule has 4 N–H and O–H groups in total. The van der Waals surface area contributed by atoms with Crippen molar-refractivity contribution in [1.29, 1.82) is 0 Å². The van der Waals surface area contributed by atoms with Gasteiger partial charge in [-0.3, -0.25) is 4.90 Å². The zero-order valence-electron chi connectivity index (χ0n) is 17.8. The summed E-state index contributed by atoms with van der Waals surface area (Å²) in [4.78, 5) is 1.73. The summed E-state index contributed by atoms with van der Waals surface area (Å²) in [5, 5.41) is 33.9. The number of rotatable bonds is 3. The average molecular weight is 409 g/mol. The summed E-state index contributed by atoms with van der Waals surface area (Å²) in [6, 6.07) is 7.41. The molecule has 26 heavy (non-hydrogen) atoms. The third kappa shape index (κ3) is 31.3. The van der Waals surface area contributed by atoms with Crippen molar-refractivity contribution in [3.63, 3.8) is 0 Å². The van der Waals surface area contributed by atoms with E-state index in [0.717, 1.165) is 11.3 Å². The van der Waals surface area contributed by atoms with Crippen molar-refractivity contribution in [2.75, 3.05) is 21.2 Å². The van der Waals surface area contributed by atoms with E-state index in [0.29, 0.717) is 0 Å². The molecule has 1 rings (SSSR count). The van der Waals surface area contributed by atoms with Crippen LogP contribution in [0.25, 0.3) is 0 Å². The first-order valence-electron chi connectivity index (χ1n) is 8.37. The second kappa shape index (κ2) is 20.8. The van der Waals surface area contributed by atoms with Crippen LogP contribution in [-0.2, 0) is 21.7 Å². The van der Waals surface area contributed by atoms with E-state index < -0.39 is 6.23 Å². The number of aliphatic hydroxyl groups excluding tert-OH is 4. The molecule has 0 aromatic heterocycles. The maximum Gasteiger partial charge on any atom is 0.133 e. The number of nitrogens with zero attached hydrogens (tertiary/aromatic N) is 1. The van der Waals surface area contributed by atoms with Gasteiger partial charge in [-0.05, 0) is 73.3 Å². The van der Waals surface area contributed by atoms with E-state index in [1.165, 1.54) is 0 Å². The molecular formula is C19H39NO5Ti. The van der Waals surface area contributed by atoms with Crippen LogP contribution in [-0.4, -0.2) is 64.8 Å². The predicted molar refractivity (Wildman–Crippen MR) is 104 cm³/mol. The molecule has 154 valence electrons. The van der Waals surface area contributed by atoms with Gasteiger partial charge in [0, 0.05) is 40.0 Å². The average Bonchev–Trinajstić information content (AvgIpc) is 2.44. The molecule has 0 heterocycles. The standard InChI is InChI=1S/C10H15NO2.3C3H8O.Ti/c1-11(2)10(12)8-5-4-6-9(7-8)13-3;3*1-3(2)4;/h4-7,10,12H,1-3H3;3*3-4H,1-2H3;. The Morgan fingerprint density at radius 1 is 0.808 bits per heavy atom. The van der Waals surface area contributed by atoms with Gasteiger partial charge in [-0.15, -0.1) is 0 Å². The second-order valence-electron chi connectivity index (χ2n) is 6.40. The van der Waals surface area contributed by atoms with Crippen molar-refractivity contribution in [3.8, 4) is 5.75 Å². The van der Waals surface area contributed by atoms with Crippen LogP contribution in [0.2, 0.25) is 0 Å². The van der Waals surface area contributed by atoms with Gasteiger partial charge in [0.15, 0.2) is 0 Å². The van der Waals surface area contributed by atoms with Crippen molar-refractivity contribution >= 4 is 0 Å². The molecule has 1 unspecified atom stereocenters. The van der Waals surface area contributed by atoms with Crippen molar-refractivity contribution < 1.29 is 46.9 Å². The quantitative estimate of drug-likeness (QED) is 0.453. The zero-order chi connectivity index (χ0) is 20.6. The fourth-order valence-corrected chi connectivity index (χ4v) is 1.10. The van der Waals surface area contributed by atoms with Crippen LogP contribution in [0.3, 0.4) is 0 Å². The Morgan fingerprint density at radius 3 is 1.42 bits per heavy atom. The molecule has 0 aliphatic rings. The van der Waals surface area contributed by atoms with Gasteiger partial charge < -0.3 is 25.2 Å². The Kier molecular flexibility index (Phi) is 26.6. The van der Waals surface area contributed by atoms with Crippen LogP contribution in [0.5, 0.6) is 5.75 Å². The first-order valence-corrected chi connectivity index (χ1v) is 8.37. The van der Waals surface area contributed by atoms with Crippen molar-refractivity contribution in [3.05, 3.63) is 29.8 Å². The van der Waals surface area contributed by atoms with Gasteiger partial charge in [0.25, 0.3) is 0 Å². The van der Waals surface area contributed by atoms with Crippen LogP contribution in [0.4, 0.5) is 0 Å². The molecule has 7 heteroatoms. The van der Waals surface area contributed by atoms with Gasteiger partial charge in [0.1, 0.15) is 12.0 Å². The number of ether oxygens (including phenoxy) is 1. The van der Waals surface area contributed by atoms with Crippen LogP contribution in [0.1, 0.15) is 53.3 Å². The molecule has 0 spiro atoms. The van der Waals surface area contributed by atoms with Gasteiger partial charge in [0.05, 0.1) is 7.11 Å². The first kappa shape index (κ1) is 33.1. The smallest absolute Gasteiger partial charge is 0.133 e. The summed E-state index contributed by atoms with van der Waals surface area (Å²) >= 11 is 0. The van der Waals surface area contributed by atoms with Crippen molar-refractivity contribution in [1.82, 2.24) is 4.90 Å². The van der Waals surface area contributed by atoms with Gasteiger partial charge in [-0.1, -0.05) is 12.1 Å². The number of benzene rings is 1. The number of methoxy groups -OCH3 is 1. The number of hydrogen-bond acceptors (Lipinski definition) is 6. The summed E-state index contributed by atoms with van der Waals surface area (Å²) in [5.41, 5.74) is 0.837. The van der Waals surface area contributed by atoms with E-state index in [1.807, 2.05) is 38.4 Å². The molecule has 0 aliphatic carbocycles. The maximum absolute atomic E-state index is 9.69. The Morgan fingerprint density at radius 2 is 1.15 bits per heavy atom. The minimum atomic E-state index is -0.574. The van der Waals surface area contributed by atoms with Gasteiger partial charge >= 0.3 is 0 Å². The molecular weight excluding hydrogens is 370 g/mol. The Bertz CT molecular complexity index is 379. The van der Waals surface area contributed by atoms with Crippen molar-refractivity contribution in [2.45, 2.75) is 66.1 Å². The first-order chi connectivity index (χ1) is 11.3. The Hall–Kier alpha value is -0.466. The topological polar surface area (TPSA) is 93.4 Å². The molecule has 0 aliphatic heterocycles. The zero-order valence-corrected chi connectivity index (χ0v) is 19.3. The fourth-order valence-electron chi connectivity index (χ4n) is 1.10. The van der Waals surface area contributed by atoms with E-state index >= 15 is 0 Å². The largest absolute Gasteiger partial charge is 0.497 e. The maximum atomic E-state index is 9.69. The van der Waals surface area contributed by atoms with Crippen LogP contribution in [0, 0.1) is 0 Å². The van der Waals surface area contributed by atoms with Gasteiger partial charge in [-0.25, -0.2) is 0 Å². The molecule has 1 aromatic rings. The summed E-state index contributed by atoms with van der Waals surface area (Å²) < 4.78 is 5.06.